The van der Waals surface area contributed by atoms with Gasteiger partial charge in [-0.3, -0.25) is 4.90 Å². The number of aryl methyl sites for hydroxylation is 1. The summed E-state index contributed by atoms with van der Waals surface area (Å²) in [5, 5.41) is 2.78. The first-order valence-electron chi connectivity index (χ1n) is 7.76. The average Bonchev–Trinajstić information content (AvgIpc) is 3.06. The van der Waals surface area contributed by atoms with Crippen molar-refractivity contribution in [3.63, 3.8) is 0 Å². The molecule has 2 amide bonds. The van der Waals surface area contributed by atoms with Gasteiger partial charge < -0.3 is 15.0 Å². The molecule has 1 aromatic heterocycles. The van der Waals surface area contributed by atoms with Gasteiger partial charge in [0.15, 0.2) is 0 Å². The lowest BCUT2D eigenvalue weighted by atomic mass is 10.2. The Morgan fingerprint density at radius 3 is 3.09 bits per heavy atom. The van der Waals surface area contributed by atoms with E-state index in [1.165, 1.54) is 0 Å². The Kier molecular flexibility index (Phi) is 6.73. The largest absolute Gasteiger partial charge is 0.383 e. The van der Waals surface area contributed by atoms with Gasteiger partial charge in [0.25, 0.3) is 0 Å². The van der Waals surface area contributed by atoms with Crippen LogP contribution < -0.4 is 5.32 Å². The van der Waals surface area contributed by atoms with Gasteiger partial charge >= 0.3 is 6.03 Å². The number of thiazole rings is 1. The lowest BCUT2D eigenvalue weighted by Gasteiger charge is -2.28. The van der Waals surface area contributed by atoms with Crippen molar-refractivity contribution in [1.82, 2.24) is 20.1 Å². The van der Waals surface area contributed by atoms with Gasteiger partial charge in [-0.05, 0) is 13.3 Å². The molecule has 2 rings (SSSR count). The summed E-state index contributed by atoms with van der Waals surface area (Å²) in [5.74, 6) is 0. The summed E-state index contributed by atoms with van der Waals surface area (Å²) in [7, 11) is 3.33. The van der Waals surface area contributed by atoms with Crippen LogP contribution in [0.15, 0.2) is 5.51 Å². The molecule has 1 N–H and O–H groups in total. The summed E-state index contributed by atoms with van der Waals surface area (Å²) in [6.07, 6.45) is -0.369. The molecule has 2 atom stereocenters. The van der Waals surface area contributed by atoms with Gasteiger partial charge in [-0.15, -0.1) is 11.3 Å². The topological polar surface area (TPSA) is 57.7 Å². The van der Waals surface area contributed by atoms with Gasteiger partial charge in [-0.2, -0.15) is 0 Å². The number of carbonyl (C=O) groups excluding carboxylic acids is 1. The average molecular weight is 344 g/mol. The fourth-order valence-electron chi connectivity index (χ4n) is 2.76. The van der Waals surface area contributed by atoms with E-state index >= 15 is 0 Å². The molecular weight excluding hydrogens is 319 g/mol. The number of hydrogen-bond donors (Lipinski definition) is 1. The highest BCUT2D eigenvalue weighted by Crippen LogP contribution is 2.25. The van der Waals surface area contributed by atoms with Crippen molar-refractivity contribution >= 4 is 17.4 Å². The zero-order chi connectivity index (χ0) is 16.8. The third kappa shape index (κ3) is 5.12. The summed E-state index contributed by atoms with van der Waals surface area (Å²) in [5.41, 5.74) is 2.82. The van der Waals surface area contributed by atoms with Gasteiger partial charge in [0.05, 0.1) is 17.8 Å². The first-order chi connectivity index (χ1) is 11.0. The van der Waals surface area contributed by atoms with Crippen LogP contribution in [0.2, 0.25) is 0 Å². The molecular formula is C15H25FN4O2S. The number of nitrogens with one attached hydrogen (secondary N) is 1. The Labute approximate surface area is 140 Å². The Morgan fingerprint density at radius 1 is 1.65 bits per heavy atom. The van der Waals surface area contributed by atoms with Crippen molar-refractivity contribution < 1.29 is 13.9 Å². The fourth-order valence-corrected chi connectivity index (χ4v) is 3.56. The monoisotopic (exact) mass is 344 g/mol. The molecule has 6 nitrogen and oxygen atoms in total. The molecule has 0 saturated carbocycles. The molecule has 0 aromatic carbocycles. The first-order valence-corrected chi connectivity index (χ1v) is 8.64. The standard InChI is InChI=1S/C15H25FN4O2S/c1-11-14(23-10-18-11)9-20-7-12(16)6-13(20)8-19(2)15(21)17-4-5-22-3/h10,12-13H,4-9H2,1-3H3,(H,17,21)/t12-,13-/m0/s1. The maximum Gasteiger partial charge on any atom is 0.317 e. The molecule has 0 bridgehead atoms. The zero-order valence-electron chi connectivity index (χ0n) is 13.9. The van der Waals surface area contributed by atoms with Crippen LogP contribution in [0.4, 0.5) is 9.18 Å². The summed E-state index contributed by atoms with van der Waals surface area (Å²) in [6.45, 7) is 4.55. The van der Waals surface area contributed by atoms with E-state index in [9.17, 15) is 9.18 Å². The highest BCUT2D eigenvalue weighted by molar-refractivity contribution is 7.09. The van der Waals surface area contributed by atoms with Crippen LogP contribution in [0.3, 0.4) is 0 Å². The molecule has 23 heavy (non-hydrogen) atoms. The Balaban J connectivity index is 1.88. The van der Waals surface area contributed by atoms with E-state index in [4.69, 9.17) is 4.74 Å². The molecule has 1 saturated heterocycles. The number of urea groups is 1. The maximum atomic E-state index is 13.9. The second-order valence-electron chi connectivity index (χ2n) is 5.88. The Hall–Kier alpha value is -1.25. The zero-order valence-corrected chi connectivity index (χ0v) is 14.7. The molecule has 0 radical (unpaired) electrons. The summed E-state index contributed by atoms with van der Waals surface area (Å²) < 4.78 is 18.8. The number of methoxy groups -OCH3 is 1. The molecule has 1 aromatic rings. The molecule has 0 spiro atoms. The summed E-state index contributed by atoms with van der Waals surface area (Å²) in [4.78, 5) is 21.1. The van der Waals surface area contributed by atoms with Gasteiger partial charge in [0.2, 0.25) is 0 Å². The number of rotatable bonds is 7. The molecule has 0 aliphatic carbocycles. The van der Waals surface area contributed by atoms with Crippen LogP contribution in [-0.4, -0.2) is 73.4 Å². The lowest BCUT2D eigenvalue weighted by molar-refractivity contribution is 0.167. The molecule has 8 heteroatoms. The van der Waals surface area contributed by atoms with E-state index in [0.717, 1.165) is 10.6 Å². The van der Waals surface area contributed by atoms with Crippen molar-refractivity contribution in [2.45, 2.75) is 32.1 Å². The van der Waals surface area contributed by atoms with Gasteiger partial charge in [-0.1, -0.05) is 0 Å². The van der Waals surface area contributed by atoms with E-state index in [2.05, 4.69) is 15.2 Å². The third-order valence-corrected chi connectivity index (χ3v) is 5.00. The number of likely N-dealkylation sites (N-methyl/N-ethyl adjacent to an activating group) is 1. The minimum absolute atomic E-state index is 0.0321. The number of carbonyl (C=O) groups is 1. The van der Waals surface area contributed by atoms with Gasteiger partial charge in [-0.25, -0.2) is 14.2 Å². The van der Waals surface area contributed by atoms with Crippen LogP contribution in [0, 0.1) is 6.92 Å². The maximum absolute atomic E-state index is 13.9. The molecule has 0 unspecified atom stereocenters. The van der Waals surface area contributed by atoms with Crippen LogP contribution >= 0.6 is 11.3 Å². The second-order valence-corrected chi connectivity index (χ2v) is 6.82. The van der Waals surface area contributed by atoms with Crippen LogP contribution in [0.25, 0.3) is 0 Å². The molecule has 1 aliphatic heterocycles. The predicted molar refractivity (Wildman–Crippen MR) is 88.5 cm³/mol. The highest BCUT2D eigenvalue weighted by atomic mass is 32.1. The van der Waals surface area contributed by atoms with Gasteiger partial charge in [0.1, 0.15) is 6.17 Å². The van der Waals surface area contributed by atoms with Crippen LogP contribution in [-0.2, 0) is 11.3 Å². The number of hydrogen-bond acceptors (Lipinski definition) is 5. The number of nitrogens with zero attached hydrogens (tertiary/aromatic N) is 3. The molecule has 1 fully saturated rings. The van der Waals surface area contributed by atoms with E-state index in [-0.39, 0.29) is 12.1 Å². The number of alkyl halides is 1. The molecule has 1 aliphatic rings. The number of likely N-dealkylation sites (tertiary alicyclic amines) is 1. The number of halogens is 1. The normalized spacial score (nSPS) is 21.6. The van der Waals surface area contributed by atoms with E-state index in [1.807, 2.05) is 12.4 Å². The summed E-state index contributed by atoms with van der Waals surface area (Å²) in [6, 6.07) is -0.122. The SMILES string of the molecule is COCCNC(=O)N(C)C[C@@H]1C[C@H](F)CN1Cc1scnc1C. The Morgan fingerprint density at radius 2 is 2.43 bits per heavy atom. The van der Waals surface area contributed by atoms with Crippen LogP contribution in [0.5, 0.6) is 0 Å². The van der Waals surface area contributed by atoms with E-state index in [0.29, 0.717) is 39.2 Å². The van der Waals surface area contributed by atoms with E-state index < -0.39 is 6.17 Å². The first kappa shape index (κ1) is 18.1. The minimum Gasteiger partial charge on any atom is -0.383 e. The third-order valence-electron chi connectivity index (χ3n) is 4.08. The van der Waals surface area contributed by atoms with Crippen molar-refractivity contribution in [2.75, 3.05) is 40.4 Å². The number of aromatic nitrogens is 1. The van der Waals surface area contributed by atoms with Crippen molar-refractivity contribution in [1.29, 1.82) is 0 Å². The quantitative estimate of drug-likeness (QED) is 0.764. The fraction of sp³-hybridized carbons (Fsp3) is 0.733. The van der Waals surface area contributed by atoms with Crippen molar-refractivity contribution in [3.05, 3.63) is 16.1 Å². The van der Waals surface area contributed by atoms with Gasteiger partial charge in [0, 0.05) is 51.3 Å². The smallest absolute Gasteiger partial charge is 0.317 e. The molecule has 130 valence electrons. The van der Waals surface area contributed by atoms with Crippen LogP contribution in [0.1, 0.15) is 17.0 Å². The predicted octanol–water partition coefficient (Wildman–Crippen LogP) is 1.65. The minimum atomic E-state index is -0.835. The Bertz CT molecular complexity index is 513. The lowest BCUT2D eigenvalue weighted by Crippen LogP contribution is -2.45. The number of ether oxygens (including phenoxy) is 1. The van der Waals surface area contributed by atoms with E-state index in [1.54, 1.807) is 30.4 Å². The molecule has 2 heterocycles. The second kappa shape index (κ2) is 8.56. The highest BCUT2D eigenvalue weighted by Gasteiger charge is 2.33. The summed E-state index contributed by atoms with van der Waals surface area (Å²) >= 11 is 1.60. The number of amides is 2. The van der Waals surface area contributed by atoms with Crippen molar-refractivity contribution in [3.8, 4) is 0 Å². The van der Waals surface area contributed by atoms with Crippen molar-refractivity contribution in [2.24, 2.45) is 0 Å².